The number of amides is 1. The zero-order chi connectivity index (χ0) is 16.2. The number of hydrogen-bond acceptors (Lipinski definition) is 5. The maximum atomic E-state index is 11.0. The van der Waals surface area contributed by atoms with Crippen LogP contribution in [0.15, 0.2) is 24.8 Å². The maximum Gasteiger partial charge on any atom is 0.217 e. The second-order valence-electron chi connectivity index (χ2n) is 5.97. The zero-order valence-electron chi connectivity index (χ0n) is 13.6. The minimum absolute atomic E-state index is 0.0530. The second-order valence-corrected chi connectivity index (χ2v) is 5.97. The Kier molecular flexibility index (Phi) is 4.66. The molecule has 0 bridgehead atoms. The lowest BCUT2D eigenvalue weighted by molar-refractivity contribution is -0.119. The van der Waals surface area contributed by atoms with Gasteiger partial charge >= 0.3 is 0 Å². The van der Waals surface area contributed by atoms with E-state index in [1.165, 1.54) is 6.92 Å². The highest BCUT2D eigenvalue weighted by atomic mass is 16.1. The topological polar surface area (TPSA) is 75.9 Å². The molecule has 1 aliphatic heterocycles. The first kappa shape index (κ1) is 15.6. The summed E-state index contributed by atoms with van der Waals surface area (Å²) in [4.78, 5) is 26.9. The average molecular weight is 314 g/mol. The van der Waals surface area contributed by atoms with Crippen molar-refractivity contribution in [2.45, 2.75) is 38.9 Å². The monoisotopic (exact) mass is 314 g/mol. The number of nitrogens with one attached hydrogen (secondary N) is 1. The van der Waals surface area contributed by atoms with E-state index in [-0.39, 0.29) is 11.9 Å². The van der Waals surface area contributed by atoms with Crippen LogP contribution >= 0.6 is 0 Å². The molecule has 0 radical (unpaired) electrons. The first-order valence-corrected chi connectivity index (χ1v) is 7.89. The summed E-state index contributed by atoms with van der Waals surface area (Å²) in [6, 6.07) is 2.06. The van der Waals surface area contributed by atoms with Gasteiger partial charge in [-0.2, -0.15) is 0 Å². The van der Waals surface area contributed by atoms with E-state index < -0.39 is 0 Å². The van der Waals surface area contributed by atoms with Crippen LogP contribution in [0.3, 0.4) is 0 Å². The molecule has 1 saturated heterocycles. The van der Waals surface area contributed by atoms with Gasteiger partial charge in [-0.25, -0.2) is 15.0 Å². The van der Waals surface area contributed by atoms with Crippen LogP contribution in [-0.4, -0.2) is 36.9 Å². The van der Waals surface area contributed by atoms with Gasteiger partial charge in [0, 0.05) is 32.9 Å². The molecule has 0 aromatic carbocycles. The van der Waals surface area contributed by atoms with Crippen molar-refractivity contribution in [2.75, 3.05) is 6.54 Å². The molecule has 2 aromatic heterocycles. The van der Waals surface area contributed by atoms with Crippen molar-refractivity contribution >= 4 is 5.91 Å². The molecule has 1 atom stereocenters. The van der Waals surface area contributed by atoms with E-state index in [0.29, 0.717) is 6.54 Å². The van der Waals surface area contributed by atoms with Gasteiger partial charge in [0.15, 0.2) is 0 Å². The van der Waals surface area contributed by atoms with Gasteiger partial charge in [-0.3, -0.25) is 9.69 Å². The molecule has 23 heavy (non-hydrogen) atoms. The molecule has 0 spiro atoms. The van der Waals surface area contributed by atoms with E-state index in [2.05, 4.69) is 25.2 Å². The van der Waals surface area contributed by atoms with Crippen LogP contribution in [0.25, 0.3) is 0 Å². The van der Waals surface area contributed by atoms with Crippen LogP contribution in [0.5, 0.6) is 0 Å². The molecule has 0 saturated carbocycles. The van der Waals surface area contributed by atoms with E-state index in [1.54, 1.807) is 6.20 Å². The number of hydrogen-bond donors (Lipinski definition) is 1. The van der Waals surface area contributed by atoms with Crippen LogP contribution in [0, 0.1) is 0 Å². The molecule has 1 unspecified atom stereocenters. The van der Waals surface area contributed by atoms with Crippen molar-refractivity contribution in [2.24, 2.45) is 7.05 Å². The molecule has 2 aromatic rings. The number of nitrogens with zero attached hydrogens (tertiary/aromatic N) is 5. The summed E-state index contributed by atoms with van der Waals surface area (Å²) >= 11 is 0. The van der Waals surface area contributed by atoms with Crippen LogP contribution in [-0.2, 0) is 24.9 Å². The molecular weight excluding hydrogens is 292 g/mol. The fourth-order valence-corrected chi connectivity index (χ4v) is 2.95. The lowest BCUT2D eigenvalue weighted by atomic mass is 10.2. The normalized spacial score (nSPS) is 18.3. The third-order valence-electron chi connectivity index (χ3n) is 4.04. The Hall–Kier alpha value is -2.28. The second kappa shape index (κ2) is 6.87. The molecule has 3 rings (SSSR count). The summed E-state index contributed by atoms with van der Waals surface area (Å²) in [6.07, 6.45) is 7.83. The molecule has 122 valence electrons. The highest BCUT2D eigenvalue weighted by Gasteiger charge is 2.28. The predicted octanol–water partition coefficient (Wildman–Crippen LogP) is 1.18. The van der Waals surface area contributed by atoms with Crippen molar-refractivity contribution < 1.29 is 4.79 Å². The number of aryl methyl sites for hydroxylation is 1. The summed E-state index contributed by atoms with van der Waals surface area (Å²) in [7, 11) is 1.98. The van der Waals surface area contributed by atoms with Crippen molar-refractivity contribution in [3.8, 4) is 0 Å². The van der Waals surface area contributed by atoms with Crippen LogP contribution in [0.1, 0.15) is 43.0 Å². The average Bonchev–Trinajstić information content (AvgIpc) is 3.15. The van der Waals surface area contributed by atoms with E-state index in [4.69, 9.17) is 0 Å². The standard InChI is InChI=1S/C16H22N6O/c1-12(23)18-8-13-5-6-17-16(20-13)15-4-3-7-22(15)10-14-9-21(2)11-19-14/h5-6,9,11,15H,3-4,7-8,10H2,1-2H3,(H,18,23). The van der Waals surface area contributed by atoms with Gasteiger partial charge < -0.3 is 9.88 Å². The van der Waals surface area contributed by atoms with Crippen LogP contribution in [0.4, 0.5) is 0 Å². The van der Waals surface area contributed by atoms with Gasteiger partial charge in [-0.15, -0.1) is 0 Å². The van der Waals surface area contributed by atoms with Crippen LogP contribution in [0.2, 0.25) is 0 Å². The first-order chi connectivity index (χ1) is 11.1. The Labute approximate surface area is 135 Å². The Bertz CT molecular complexity index is 683. The van der Waals surface area contributed by atoms with E-state index >= 15 is 0 Å². The SMILES string of the molecule is CC(=O)NCc1ccnc(C2CCCN2Cc2cn(C)cn2)n1. The lowest BCUT2D eigenvalue weighted by Crippen LogP contribution is -2.25. The van der Waals surface area contributed by atoms with Gasteiger partial charge in [0.05, 0.1) is 30.3 Å². The minimum atomic E-state index is -0.0530. The quantitative estimate of drug-likeness (QED) is 0.897. The molecule has 1 fully saturated rings. The smallest absolute Gasteiger partial charge is 0.217 e. The predicted molar refractivity (Wildman–Crippen MR) is 85.1 cm³/mol. The summed E-state index contributed by atoms with van der Waals surface area (Å²) in [5, 5.41) is 2.78. The third-order valence-corrected chi connectivity index (χ3v) is 4.04. The summed E-state index contributed by atoms with van der Waals surface area (Å²) < 4.78 is 1.96. The highest BCUT2D eigenvalue weighted by molar-refractivity contribution is 5.72. The molecule has 3 heterocycles. The van der Waals surface area contributed by atoms with Gasteiger partial charge in [-0.1, -0.05) is 0 Å². The van der Waals surface area contributed by atoms with E-state index in [0.717, 1.165) is 43.1 Å². The summed E-state index contributed by atoms with van der Waals surface area (Å²) in [6.45, 7) is 3.79. The fraction of sp³-hybridized carbons (Fsp3) is 0.500. The van der Waals surface area contributed by atoms with Gasteiger partial charge in [0.2, 0.25) is 5.91 Å². The Morgan fingerprint density at radius 3 is 3.00 bits per heavy atom. The maximum absolute atomic E-state index is 11.0. The number of carbonyl (C=O) groups is 1. The molecule has 1 amide bonds. The number of imidazole rings is 1. The number of rotatable bonds is 5. The molecule has 7 heteroatoms. The summed E-state index contributed by atoms with van der Waals surface area (Å²) in [5.41, 5.74) is 1.91. The summed E-state index contributed by atoms with van der Waals surface area (Å²) in [5.74, 6) is 0.782. The lowest BCUT2D eigenvalue weighted by Gasteiger charge is -2.22. The number of carbonyl (C=O) groups excluding carboxylic acids is 1. The van der Waals surface area contributed by atoms with Crippen molar-refractivity contribution in [3.05, 3.63) is 42.0 Å². The molecular formula is C16H22N6O. The molecule has 1 aliphatic rings. The third kappa shape index (κ3) is 3.92. The van der Waals surface area contributed by atoms with Crippen LogP contribution < -0.4 is 5.32 Å². The molecule has 0 aliphatic carbocycles. The van der Waals surface area contributed by atoms with Gasteiger partial charge in [0.25, 0.3) is 0 Å². The van der Waals surface area contributed by atoms with Crippen molar-refractivity contribution in [1.29, 1.82) is 0 Å². The van der Waals surface area contributed by atoms with Crippen molar-refractivity contribution in [3.63, 3.8) is 0 Å². The minimum Gasteiger partial charge on any atom is -0.351 e. The van der Waals surface area contributed by atoms with E-state index in [1.807, 2.05) is 30.2 Å². The molecule has 1 N–H and O–H groups in total. The highest BCUT2D eigenvalue weighted by Crippen LogP contribution is 2.30. The Morgan fingerprint density at radius 1 is 1.39 bits per heavy atom. The Balaban J connectivity index is 1.71. The first-order valence-electron chi connectivity index (χ1n) is 7.89. The Morgan fingerprint density at radius 2 is 2.26 bits per heavy atom. The van der Waals surface area contributed by atoms with E-state index in [9.17, 15) is 4.79 Å². The van der Waals surface area contributed by atoms with Gasteiger partial charge in [-0.05, 0) is 25.5 Å². The number of aromatic nitrogens is 4. The largest absolute Gasteiger partial charge is 0.351 e. The van der Waals surface area contributed by atoms with Gasteiger partial charge in [0.1, 0.15) is 5.82 Å². The molecule has 7 nitrogen and oxygen atoms in total. The fourth-order valence-electron chi connectivity index (χ4n) is 2.95. The zero-order valence-corrected chi connectivity index (χ0v) is 13.6. The number of likely N-dealkylation sites (tertiary alicyclic amines) is 1. The van der Waals surface area contributed by atoms with Crippen molar-refractivity contribution in [1.82, 2.24) is 29.7 Å².